The second kappa shape index (κ2) is 15.5. The lowest BCUT2D eigenvalue weighted by atomic mass is 10.1. The molecule has 3 rings (SSSR count). The number of unbranched alkanes of at least 4 members (excludes halogenated alkanes) is 1. The van der Waals surface area contributed by atoms with Crippen molar-refractivity contribution in [2.24, 2.45) is 11.5 Å². The number of alkyl halides is 3. The predicted molar refractivity (Wildman–Crippen MR) is 149 cm³/mol. The Balaban J connectivity index is 0.00000380. The Labute approximate surface area is 237 Å². The van der Waals surface area contributed by atoms with Gasteiger partial charge in [-0.25, -0.2) is 0 Å². The van der Waals surface area contributed by atoms with Crippen LogP contribution in [0.4, 0.5) is 13.2 Å². The number of halogens is 5. The molecule has 3 aromatic rings. The number of hydrogen-bond acceptors (Lipinski definition) is 6. The molecule has 7 nitrogen and oxygen atoms in total. The van der Waals surface area contributed by atoms with E-state index in [0.717, 1.165) is 25.0 Å². The number of esters is 1. The molecule has 0 bridgehead atoms. The number of nitrogens with one attached hydrogen (secondary N) is 1. The maximum absolute atomic E-state index is 12.8. The van der Waals surface area contributed by atoms with Gasteiger partial charge in [0.05, 0.1) is 11.6 Å². The Kier molecular flexibility index (Phi) is 13.5. The van der Waals surface area contributed by atoms with Crippen molar-refractivity contribution in [3.8, 4) is 11.5 Å². The first kappa shape index (κ1) is 34.0. The van der Waals surface area contributed by atoms with Gasteiger partial charge >= 0.3 is 12.1 Å². The van der Waals surface area contributed by atoms with E-state index in [0.29, 0.717) is 35.1 Å². The van der Waals surface area contributed by atoms with E-state index in [4.69, 9.17) is 20.9 Å². The monoisotopic (exact) mass is 589 g/mol. The summed E-state index contributed by atoms with van der Waals surface area (Å²) in [7, 11) is 0. The molecule has 5 N–H and O–H groups in total. The van der Waals surface area contributed by atoms with E-state index in [1.165, 1.54) is 12.1 Å². The van der Waals surface area contributed by atoms with Crippen LogP contribution in [-0.2, 0) is 15.7 Å². The molecule has 214 valence electrons. The molecule has 1 amide bonds. The van der Waals surface area contributed by atoms with Gasteiger partial charge in [-0.3, -0.25) is 9.59 Å². The summed E-state index contributed by atoms with van der Waals surface area (Å²) >= 11 is 0. The standard InChI is InChI=1S/C27H30F3N3O4.2ClH/c1-17(16-36-26(35)23(32)6-2-3-14-31)33-25(34)19-8-13-22-18(15-19)5-4-7-24(22)37-21-11-9-20(10-12-21)27(28,29)30;;/h4-5,7-13,15,17,23H,2-3,6,14,16,31-32H2,1H3,(H,33,34);2*1H/t17-,23+;;/m1../s1. The average molecular weight is 590 g/mol. The highest BCUT2D eigenvalue weighted by molar-refractivity contribution is 6.00. The Morgan fingerprint density at radius 1 is 1.00 bits per heavy atom. The van der Waals surface area contributed by atoms with E-state index < -0.39 is 29.8 Å². The van der Waals surface area contributed by atoms with Crippen LogP contribution in [0.15, 0.2) is 60.7 Å². The van der Waals surface area contributed by atoms with Crippen LogP contribution >= 0.6 is 24.8 Å². The summed E-state index contributed by atoms with van der Waals surface area (Å²) in [6.07, 6.45) is -2.43. The largest absolute Gasteiger partial charge is 0.462 e. The number of carbonyl (C=O) groups excluding carboxylic acids is 2. The van der Waals surface area contributed by atoms with Gasteiger partial charge in [-0.2, -0.15) is 13.2 Å². The number of hydrogen-bond donors (Lipinski definition) is 3. The van der Waals surface area contributed by atoms with Crippen molar-refractivity contribution in [3.63, 3.8) is 0 Å². The van der Waals surface area contributed by atoms with Crippen LogP contribution in [0.3, 0.4) is 0 Å². The number of benzene rings is 3. The molecule has 0 aliphatic heterocycles. The van der Waals surface area contributed by atoms with Gasteiger partial charge in [-0.15, -0.1) is 24.8 Å². The lowest BCUT2D eigenvalue weighted by Crippen LogP contribution is -2.39. The summed E-state index contributed by atoms with van der Waals surface area (Å²) in [4.78, 5) is 24.7. The first-order valence-electron chi connectivity index (χ1n) is 11.9. The topological polar surface area (TPSA) is 117 Å². The molecule has 0 radical (unpaired) electrons. The molecular weight excluding hydrogens is 558 g/mol. The Morgan fingerprint density at radius 3 is 2.33 bits per heavy atom. The second-order valence-electron chi connectivity index (χ2n) is 8.71. The summed E-state index contributed by atoms with van der Waals surface area (Å²) in [6, 6.07) is 13.5. The fourth-order valence-electron chi connectivity index (χ4n) is 3.61. The molecule has 0 saturated carbocycles. The van der Waals surface area contributed by atoms with E-state index in [9.17, 15) is 22.8 Å². The number of amides is 1. The van der Waals surface area contributed by atoms with E-state index in [-0.39, 0.29) is 43.1 Å². The number of nitrogens with two attached hydrogens (primary N) is 2. The van der Waals surface area contributed by atoms with Crippen molar-refractivity contribution < 1.29 is 32.2 Å². The fraction of sp³-hybridized carbons (Fsp3) is 0.333. The first-order valence-corrected chi connectivity index (χ1v) is 11.9. The fourth-order valence-corrected chi connectivity index (χ4v) is 3.61. The summed E-state index contributed by atoms with van der Waals surface area (Å²) in [5.41, 5.74) is 10.9. The van der Waals surface area contributed by atoms with Gasteiger partial charge in [0, 0.05) is 10.9 Å². The van der Waals surface area contributed by atoms with Crippen molar-refractivity contribution in [1.82, 2.24) is 5.32 Å². The molecule has 0 unspecified atom stereocenters. The van der Waals surface area contributed by atoms with E-state index in [1.54, 1.807) is 43.3 Å². The lowest BCUT2D eigenvalue weighted by Gasteiger charge is -2.17. The Morgan fingerprint density at radius 2 is 1.69 bits per heavy atom. The normalized spacial score (nSPS) is 12.5. The average Bonchev–Trinajstić information content (AvgIpc) is 2.87. The van der Waals surface area contributed by atoms with Crippen molar-refractivity contribution in [3.05, 3.63) is 71.8 Å². The third kappa shape index (κ3) is 9.89. The number of rotatable bonds is 11. The number of carbonyl (C=O) groups is 2. The molecule has 0 heterocycles. The molecule has 0 aliphatic rings. The van der Waals surface area contributed by atoms with Gasteiger partial charge in [0.25, 0.3) is 5.91 Å². The Bertz CT molecular complexity index is 1230. The van der Waals surface area contributed by atoms with Crippen LogP contribution in [0.25, 0.3) is 10.8 Å². The van der Waals surface area contributed by atoms with Gasteiger partial charge < -0.3 is 26.3 Å². The second-order valence-corrected chi connectivity index (χ2v) is 8.71. The predicted octanol–water partition coefficient (Wildman–Crippen LogP) is 5.61. The maximum Gasteiger partial charge on any atom is 0.416 e. The van der Waals surface area contributed by atoms with Crippen molar-refractivity contribution in [2.45, 2.75) is 44.4 Å². The van der Waals surface area contributed by atoms with Crippen LogP contribution in [0, 0.1) is 0 Å². The van der Waals surface area contributed by atoms with Crippen molar-refractivity contribution >= 4 is 47.5 Å². The van der Waals surface area contributed by atoms with Gasteiger partial charge in [0.1, 0.15) is 24.1 Å². The molecule has 0 fully saturated rings. The Hall–Kier alpha value is -3.05. The van der Waals surface area contributed by atoms with Gasteiger partial charge in [0.2, 0.25) is 0 Å². The van der Waals surface area contributed by atoms with E-state index in [2.05, 4.69) is 5.32 Å². The van der Waals surface area contributed by atoms with E-state index >= 15 is 0 Å². The third-order valence-corrected chi connectivity index (χ3v) is 5.64. The first-order chi connectivity index (χ1) is 17.6. The maximum atomic E-state index is 12.8. The number of fused-ring (bicyclic) bond motifs is 1. The summed E-state index contributed by atoms with van der Waals surface area (Å²) in [5.74, 6) is -0.187. The molecule has 0 aromatic heterocycles. The van der Waals surface area contributed by atoms with Crippen LogP contribution in [0.1, 0.15) is 42.1 Å². The van der Waals surface area contributed by atoms with E-state index in [1.807, 2.05) is 0 Å². The molecule has 12 heteroatoms. The van der Waals surface area contributed by atoms with Gasteiger partial charge in [-0.1, -0.05) is 18.6 Å². The van der Waals surface area contributed by atoms with Crippen molar-refractivity contribution in [1.29, 1.82) is 0 Å². The van der Waals surface area contributed by atoms with Gasteiger partial charge in [0.15, 0.2) is 0 Å². The van der Waals surface area contributed by atoms with Crippen LogP contribution in [-0.4, -0.2) is 37.1 Å². The van der Waals surface area contributed by atoms with Crippen LogP contribution in [0.5, 0.6) is 11.5 Å². The zero-order valence-corrected chi connectivity index (χ0v) is 22.8. The zero-order valence-electron chi connectivity index (χ0n) is 21.2. The molecular formula is C27H32Cl2F3N3O4. The van der Waals surface area contributed by atoms with Crippen LogP contribution in [0.2, 0.25) is 0 Å². The minimum atomic E-state index is -4.43. The van der Waals surface area contributed by atoms with Gasteiger partial charge in [-0.05, 0) is 80.2 Å². The molecule has 0 saturated heterocycles. The zero-order chi connectivity index (χ0) is 27.0. The summed E-state index contributed by atoms with van der Waals surface area (Å²) in [5, 5.41) is 4.18. The summed E-state index contributed by atoms with van der Waals surface area (Å²) in [6.45, 7) is 2.23. The smallest absolute Gasteiger partial charge is 0.416 e. The molecule has 2 atom stereocenters. The molecule has 39 heavy (non-hydrogen) atoms. The molecule has 0 aliphatic carbocycles. The minimum Gasteiger partial charge on any atom is -0.462 e. The summed E-state index contributed by atoms with van der Waals surface area (Å²) < 4.78 is 49.4. The quantitative estimate of drug-likeness (QED) is 0.198. The van der Waals surface area contributed by atoms with Crippen LogP contribution < -0.4 is 21.5 Å². The molecule has 0 spiro atoms. The number of ether oxygens (including phenoxy) is 2. The molecule has 3 aromatic carbocycles. The highest BCUT2D eigenvalue weighted by atomic mass is 35.5. The highest BCUT2D eigenvalue weighted by Crippen LogP contribution is 2.33. The highest BCUT2D eigenvalue weighted by Gasteiger charge is 2.30. The third-order valence-electron chi connectivity index (χ3n) is 5.64. The lowest BCUT2D eigenvalue weighted by molar-refractivity contribution is -0.146. The minimum absolute atomic E-state index is 0. The SMILES string of the molecule is C[C@H](COC(=O)[C@@H](N)CCCCN)NC(=O)c1ccc2c(Oc3ccc(C(F)(F)F)cc3)cccc2c1.Cl.Cl. The van der Waals surface area contributed by atoms with Crippen molar-refractivity contribution in [2.75, 3.05) is 13.2 Å².